The van der Waals surface area contributed by atoms with Crippen LogP contribution in [0.25, 0.3) is 27.5 Å². The second kappa shape index (κ2) is 5.97. The van der Waals surface area contributed by atoms with Gasteiger partial charge in [-0.2, -0.15) is 0 Å². The number of nitrogens with zero attached hydrogens (tertiary/aromatic N) is 1. The van der Waals surface area contributed by atoms with E-state index in [4.69, 9.17) is 24.4 Å². The molecule has 0 spiro atoms. The highest BCUT2D eigenvalue weighted by Crippen LogP contribution is 2.37. The molecule has 4 heteroatoms. The predicted molar refractivity (Wildman–Crippen MR) is 116 cm³/mol. The Labute approximate surface area is 182 Å². The van der Waals surface area contributed by atoms with Crippen molar-refractivity contribution in [2.24, 2.45) is 0 Å². The topological polar surface area (TPSA) is 23.4 Å². The summed E-state index contributed by atoms with van der Waals surface area (Å²) in [6.45, 7) is 7.09. The minimum Gasteiger partial charge on any atom is -0.399 e. The Kier molecular flexibility index (Phi) is 1.89. The van der Waals surface area contributed by atoms with Gasteiger partial charge in [0.05, 0.1) is 38.7 Å². The molecule has 1 saturated heterocycles. The van der Waals surface area contributed by atoms with E-state index in [1.54, 1.807) is 27.7 Å². The Morgan fingerprint density at radius 3 is 2.07 bits per heavy atom. The summed E-state index contributed by atoms with van der Waals surface area (Å²) in [5.41, 5.74) is -2.85. The zero-order chi connectivity index (χ0) is 30.0. The van der Waals surface area contributed by atoms with Crippen molar-refractivity contribution in [2.45, 2.75) is 38.9 Å². The van der Waals surface area contributed by atoms with Gasteiger partial charge in [-0.3, -0.25) is 0 Å². The standard InChI is InChI=1S/C24H24BNO2/c1-23(2)24(3,4)28-25(27-23)17-14-15-20-19-12-8-9-13-21(19)26(22(20)16-17)18-10-6-5-7-11-18/h5-16H,1-4H3/i5D,6D,7D,8D,9D,10D,11D,12D,13D,14D,15D,16D. The molecule has 0 aliphatic carbocycles. The van der Waals surface area contributed by atoms with Crippen LogP contribution in [0.4, 0.5) is 0 Å². The number of benzene rings is 3. The summed E-state index contributed by atoms with van der Waals surface area (Å²) in [7, 11) is -1.27. The Morgan fingerprint density at radius 1 is 0.750 bits per heavy atom. The number of rotatable bonds is 2. The van der Waals surface area contributed by atoms with Gasteiger partial charge in [0.2, 0.25) is 0 Å². The molecule has 28 heavy (non-hydrogen) atoms. The molecule has 0 atom stereocenters. The minimum absolute atomic E-state index is 0.150. The molecule has 0 radical (unpaired) electrons. The van der Waals surface area contributed by atoms with Gasteiger partial charge in [-0.25, -0.2) is 0 Å². The van der Waals surface area contributed by atoms with E-state index in [-0.39, 0.29) is 27.3 Å². The van der Waals surface area contributed by atoms with Crippen LogP contribution < -0.4 is 5.46 Å². The molecule has 1 aliphatic rings. The lowest BCUT2D eigenvalue weighted by Crippen LogP contribution is -2.41. The molecule has 4 aromatic rings. The van der Waals surface area contributed by atoms with Gasteiger partial charge < -0.3 is 13.9 Å². The van der Waals surface area contributed by atoms with Crippen molar-refractivity contribution in [3.05, 3.63) is 72.5 Å². The molecule has 2 heterocycles. The molecule has 0 saturated carbocycles. The molecule has 3 nitrogen and oxygen atoms in total. The first kappa shape index (κ1) is 8.85. The van der Waals surface area contributed by atoms with Crippen molar-refractivity contribution in [1.82, 2.24) is 4.57 Å². The summed E-state index contributed by atoms with van der Waals surface area (Å²) in [5, 5.41) is -0.399. The maximum absolute atomic E-state index is 9.21. The van der Waals surface area contributed by atoms with Crippen LogP contribution in [0.5, 0.6) is 0 Å². The third-order valence-corrected chi connectivity index (χ3v) is 5.38. The molecule has 3 aromatic carbocycles. The first-order valence-corrected chi connectivity index (χ1v) is 8.84. The van der Waals surface area contributed by atoms with E-state index in [9.17, 15) is 1.37 Å². The lowest BCUT2D eigenvalue weighted by molar-refractivity contribution is 0.00578. The maximum Gasteiger partial charge on any atom is 0.494 e. The number of hydrogen-bond donors (Lipinski definition) is 0. The second-order valence-electron chi connectivity index (χ2n) is 7.63. The van der Waals surface area contributed by atoms with Crippen LogP contribution in [-0.4, -0.2) is 22.9 Å². The monoisotopic (exact) mass is 381 g/mol. The van der Waals surface area contributed by atoms with Gasteiger partial charge in [0, 0.05) is 16.5 Å². The molecule has 1 aromatic heterocycles. The molecule has 140 valence electrons. The number of para-hydroxylation sites is 2. The fourth-order valence-corrected chi connectivity index (χ4v) is 3.18. The van der Waals surface area contributed by atoms with Crippen LogP contribution in [0.1, 0.15) is 44.1 Å². The van der Waals surface area contributed by atoms with E-state index < -0.39 is 96.5 Å². The largest absolute Gasteiger partial charge is 0.494 e. The summed E-state index contributed by atoms with van der Waals surface area (Å²) in [6.07, 6.45) is 0. The molecular formula is C24H24BNO2. The lowest BCUT2D eigenvalue weighted by atomic mass is 9.79. The summed E-state index contributed by atoms with van der Waals surface area (Å²) in [4.78, 5) is 0. The van der Waals surface area contributed by atoms with Crippen molar-refractivity contribution in [3.63, 3.8) is 0 Å². The van der Waals surface area contributed by atoms with Crippen LogP contribution >= 0.6 is 0 Å². The third kappa shape index (κ3) is 2.52. The summed E-state index contributed by atoms with van der Waals surface area (Å²) < 4.78 is 115. The van der Waals surface area contributed by atoms with Gasteiger partial charge in [-0.05, 0) is 57.3 Å². The molecule has 5 rings (SSSR count). The smallest absolute Gasteiger partial charge is 0.399 e. The highest BCUT2D eigenvalue weighted by atomic mass is 16.7. The van der Waals surface area contributed by atoms with E-state index in [0.29, 0.717) is 0 Å². The van der Waals surface area contributed by atoms with Crippen molar-refractivity contribution in [1.29, 1.82) is 0 Å². The van der Waals surface area contributed by atoms with E-state index >= 15 is 0 Å². The van der Waals surface area contributed by atoms with Crippen LogP contribution in [-0.2, 0) is 9.31 Å². The van der Waals surface area contributed by atoms with Crippen LogP contribution in [0.15, 0.2) is 72.5 Å². The second-order valence-corrected chi connectivity index (χ2v) is 7.63. The van der Waals surface area contributed by atoms with Gasteiger partial charge in [-0.15, -0.1) is 0 Å². The van der Waals surface area contributed by atoms with Gasteiger partial charge in [0.1, 0.15) is 0 Å². The van der Waals surface area contributed by atoms with E-state index in [1.807, 2.05) is 0 Å². The van der Waals surface area contributed by atoms with E-state index in [2.05, 4.69) is 0 Å². The minimum atomic E-state index is -1.27. The van der Waals surface area contributed by atoms with Crippen LogP contribution in [0.2, 0.25) is 0 Å². The summed E-state index contributed by atoms with van der Waals surface area (Å²) in [6, 6.07) is -7.18. The molecule has 0 bridgehead atoms. The van der Waals surface area contributed by atoms with Gasteiger partial charge in [0.15, 0.2) is 0 Å². The summed E-state index contributed by atoms with van der Waals surface area (Å²) >= 11 is 0. The quantitative estimate of drug-likeness (QED) is 0.452. The molecular weight excluding hydrogens is 345 g/mol. The van der Waals surface area contributed by atoms with Crippen molar-refractivity contribution in [2.75, 3.05) is 0 Å². The number of fused-ring (bicyclic) bond motifs is 3. The fraction of sp³-hybridized carbons (Fsp3) is 0.250. The Morgan fingerprint density at radius 2 is 1.36 bits per heavy atom. The summed E-state index contributed by atoms with van der Waals surface area (Å²) in [5.74, 6) is 0. The average Bonchev–Trinajstić information content (AvgIpc) is 3.33. The molecule has 0 unspecified atom stereocenters. The Bertz CT molecular complexity index is 1750. The van der Waals surface area contributed by atoms with E-state index in [0.717, 1.165) is 4.57 Å². The van der Waals surface area contributed by atoms with Crippen LogP contribution in [0, 0.1) is 0 Å². The zero-order valence-corrected chi connectivity index (χ0v) is 15.8. The molecule has 1 fully saturated rings. The van der Waals surface area contributed by atoms with Gasteiger partial charge in [0.25, 0.3) is 0 Å². The van der Waals surface area contributed by atoms with E-state index in [1.165, 1.54) is 0 Å². The third-order valence-electron chi connectivity index (χ3n) is 5.38. The SMILES string of the molecule is [2H]c1c([2H])c([2H])c(-n2c3c([2H])c([2H])c([2H])c([2H])c3c3c([2H])c([2H])c(B4OC(C)(C)C(C)(C)O4)c([2H])c32)c([2H])c1[2H]. The van der Waals surface area contributed by atoms with Crippen molar-refractivity contribution in [3.8, 4) is 5.69 Å². The molecule has 0 N–H and O–H groups in total. The first-order chi connectivity index (χ1) is 18.4. The first-order valence-electron chi connectivity index (χ1n) is 14.8. The Hall–Kier alpha value is -2.56. The molecule has 1 aliphatic heterocycles. The average molecular weight is 381 g/mol. The number of hydrogen-bond acceptors (Lipinski definition) is 2. The highest BCUT2D eigenvalue weighted by Gasteiger charge is 2.51. The lowest BCUT2D eigenvalue weighted by Gasteiger charge is -2.32. The van der Waals surface area contributed by atoms with Crippen molar-refractivity contribution < 1.29 is 25.8 Å². The highest BCUT2D eigenvalue weighted by molar-refractivity contribution is 6.62. The normalized spacial score (nSPS) is 24.2. The number of aromatic nitrogens is 1. The predicted octanol–water partition coefficient (Wildman–Crippen LogP) is 5.08. The van der Waals surface area contributed by atoms with Gasteiger partial charge >= 0.3 is 7.12 Å². The van der Waals surface area contributed by atoms with Crippen LogP contribution in [0.3, 0.4) is 0 Å². The van der Waals surface area contributed by atoms with Crippen molar-refractivity contribution >= 4 is 34.4 Å². The van der Waals surface area contributed by atoms with Gasteiger partial charge in [-0.1, -0.05) is 48.3 Å². The maximum atomic E-state index is 9.21. The molecule has 0 amide bonds. The fourth-order valence-electron chi connectivity index (χ4n) is 3.18. The zero-order valence-electron chi connectivity index (χ0n) is 27.8. The Balaban J connectivity index is 2.08.